The molecule has 1 aliphatic heterocycles. The molecule has 0 radical (unpaired) electrons. The third-order valence-corrected chi connectivity index (χ3v) is 10.7. The van der Waals surface area contributed by atoms with Crippen molar-refractivity contribution in [1.29, 1.82) is 0 Å². The summed E-state index contributed by atoms with van der Waals surface area (Å²) in [5.74, 6) is -1.07. The van der Waals surface area contributed by atoms with E-state index in [0.717, 1.165) is 17.5 Å². The number of aromatic nitrogens is 2. The number of rotatable bonds is 18. The van der Waals surface area contributed by atoms with Crippen LogP contribution in [0.4, 0.5) is 4.79 Å². The van der Waals surface area contributed by atoms with E-state index in [0.29, 0.717) is 32.4 Å². The Morgan fingerprint density at radius 3 is 2.04 bits per heavy atom. The normalized spacial score (nSPS) is 16.2. The summed E-state index contributed by atoms with van der Waals surface area (Å²) in [6.45, 7) is 8.19. The summed E-state index contributed by atoms with van der Waals surface area (Å²) >= 11 is 0. The topological polar surface area (TPSA) is 119 Å². The van der Waals surface area contributed by atoms with Crippen molar-refractivity contribution in [3.63, 3.8) is 0 Å². The predicted molar refractivity (Wildman–Crippen MR) is 173 cm³/mol. The zero-order valence-electron chi connectivity index (χ0n) is 27.5. The first kappa shape index (κ1) is 35.8. The molecule has 2 heterocycles. The Morgan fingerprint density at radius 1 is 0.851 bits per heavy atom. The van der Waals surface area contributed by atoms with Crippen molar-refractivity contribution in [3.05, 3.63) is 90.5 Å². The highest BCUT2D eigenvalue weighted by Crippen LogP contribution is 2.24. The first-order chi connectivity index (χ1) is 22.8. The van der Waals surface area contributed by atoms with E-state index in [-0.39, 0.29) is 32.7 Å². The third-order valence-electron chi connectivity index (χ3n) is 7.55. The van der Waals surface area contributed by atoms with Crippen LogP contribution in [0, 0.1) is 0 Å². The van der Waals surface area contributed by atoms with E-state index in [1.807, 2.05) is 98.5 Å². The maximum atomic E-state index is 13.2. The molecule has 2 aromatic carbocycles. The number of likely N-dealkylation sites (tertiary alicyclic amines) is 1. The molecule has 2 atom stereocenters. The first-order valence-electron chi connectivity index (χ1n) is 16.2. The second-order valence-electron chi connectivity index (χ2n) is 11.1. The van der Waals surface area contributed by atoms with E-state index in [9.17, 15) is 14.4 Å². The summed E-state index contributed by atoms with van der Waals surface area (Å²) in [4.78, 5) is 40.5. The van der Waals surface area contributed by atoms with Crippen molar-refractivity contribution in [1.82, 2.24) is 9.47 Å². The van der Waals surface area contributed by atoms with E-state index in [1.54, 1.807) is 10.8 Å². The summed E-state index contributed by atoms with van der Waals surface area (Å²) in [5, 5.41) is 0. The molecule has 1 amide bonds. The van der Waals surface area contributed by atoms with Gasteiger partial charge < -0.3 is 27.5 Å². The molecule has 4 rings (SSSR count). The number of hydrogen-bond donors (Lipinski definition) is 0. The molecule has 0 N–H and O–H groups in total. The van der Waals surface area contributed by atoms with Crippen LogP contribution in [0.2, 0.25) is 6.04 Å². The molecule has 13 heteroatoms. The average molecular weight is 669 g/mol. The summed E-state index contributed by atoms with van der Waals surface area (Å²) in [6.07, 6.45) is 5.03. The summed E-state index contributed by atoms with van der Waals surface area (Å²) in [7, 11) is -2.73. The fourth-order valence-electron chi connectivity index (χ4n) is 5.45. The highest BCUT2D eigenvalue weighted by molar-refractivity contribution is 6.60. The minimum Gasteiger partial charge on any atom is -0.459 e. The zero-order valence-corrected chi connectivity index (χ0v) is 28.5. The monoisotopic (exact) mass is 668 g/mol. The van der Waals surface area contributed by atoms with Crippen molar-refractivity contribution < 1.29 is 46.4 Å². The number of ether oxygens (including phenoxy) is 3. The fraction of sp³-hybridized carbons (Fsp3) is 0.471. The Hall–Kier alpha value is -4.04. The Morgan fingerprint density at radius 2 is 1.45 bits per heavy atom. The molecule has 0 saturated carbocycles. The van der Waals surface area contributed by atoms with E-state index >= 15 is 0 Å². The second-order valence-corrected chi connectivity index (χ2v) is 13.8. The Labute approximate surface area is 277 Å². The number of carbonyl (C=O) groups excluding carboxylic acids is 3. The SMILES string of the molecule is CCO[Si](CCCn1cc[n+](CC(=O)O[C@@H]2C[C@@H](C(=O)OCc3ccccc3)N(C(=O)OCc3ccccc3)C2)c1)(OCC)OCC. The van der Waals surface area contributed by atoms with E-state index in [1.165, 1.54) is 4.90 Å². The van der Waals surface area contributed by atoms with Crippen LogP contribution in [0.3, 0.4) is 0 Å². The Balaban J connectivity index is 1.32. The highest BCUT2D eigenvalue weighted by atomic mass is 28.4. The minimum absolute atomic E-state index is 0.0152. The van der Waals surface area contributed by atoms with Gasteiger partial charge in [-0.1, -0.05) is 60.7 Å². The zero-order chi connectivity index (χ0) is 33.5. The van der Waals surface area contributed by atoms with Gasteiger partial charge in [-0.2, -0.15) is 0 Å². The molecular formula is C34H46N3O9Si+. The van der Waals surface area contributed by atoms with E-state index in [4.69, 9.17) is 27.5 Å². The Kier molecular flexibility index (Phi) is 14.0. The van der Waals surface area contributed by atoms with Crippen molar-refractivity contribution in [2.24, 2.45) is 0 Å². The lowest BCUT2D eigenvalue weighted by Crippen LogP contribution is -2.46. The van der Waals surface area contributed by atoms with Crippen molar-refractivity contribution in [2.45, 2.75) is 78.1 Å². The van der Waals surface area contributed by atoms with E-state index < -0.39 is 39.0 Å². The quantitative estimate of drug-likeness (QED) is 0.0847. The first-order valence-corrected chi connectivity index (χ1v) is 18.1. The predicted octanol–water partition coefficient (Wildman–Crippen LogP) is 4.28. The maximum absolute atomic E-state index is 13.2. The summed E-state index contributed by atoms with van der Waals surface area (Å²) in [6, 6.07) is 18.3. The van der Waals surface area contributed by atoms with Gasteiger partial charge in [-0.3, -0.25) is 4.90 Å². The van der Waals surface area contributed by atoms with Crippen LogP contribution in [0.1, 0.15) is 44.7 Å². The lowest BCUT2D eigenvalue weighted by molar-refractivity contribution is -0.685. The average Bonchev–Trinajstić information content (AvgIpc) is 3.70. The molecule has 0 spiro atoms. The second kappa shape index (κ2) is 18.3. The number of nitrogens with zero attached hydrogens (tertiary/aromatic N) is 3. The van der Waals surface area contributed by atoms with Crippen LogP contribution in [0.5, 0.6) is 0 Å². The smallest absolute Gasteiger partial charge is 0.459 e. The molecule has 1 aromatic heterocycles. The van der Waals surface area contributed by atoms with Gasteiger partial charge in [-0.05, 0) is 38.3 Å². The number of amides is 1. The lowest BCUT2D eigenvalue weighted by atomic mass is 10.2. The lowest BCUT2D eigenvalue weighted by Gasteiger charge is -2.28. The molecule has 3 aromatic rings. The molecule has 1 fully saturated rings. The maximum Gasteiger partial charge on any atom is 0.501 e. The summed E-state index contributed by atoms with van der Waals surface area (Å²) < 4.78 is 38.3. The van der Waals surface area contributed by atoms with Gasteiger partial charge >= 0.3 is 26.8 Å². The van der Waals surface area contributed by atoms with Gasteiger partial charge in [-0.25, -0.2) is 23.5 Å². The van der Waals surface area contributed by atoms with Gasteiger partial charge in [0.15, 0.2) is 6.54 Å². The molecule has 1 aliphatic rings. The van der Waals surface area contributed by atoms with Crippen molar-refractivity contribution in [3.8, 4) is 0 Å². The van der Waals surface area contributed by atoms with E-state index in [2.05, 4.69) is 0 Å². The minimum atomic E-state index is -2.73. The third kappa shape index (κ3) is 11.0. The van der Waals surface area contributed by atoms with Crippen LogP contribution < -0.4 is 4.57 Å². The van der Waals surface area contributed by atoms with Crippen LogP contribution in [-0.2, 0) is 63.4 Å². The van der Waals surface area contributed by atoms with Crippen LogP contribution >= 0.6 is 0 Å². The van der Waals surface area contributed by atoms with Gasteiger partial charge in [0, 0.05) is 32.3 Å². The summed E-state index contributed by atoms with van der Waals surface area (Å²) in [5.41, 5.74) is 1.64. The van der Waals surface area contributed by atoms with Crippen LogP contribution in [0.25, 0.3) is 0 Å². The van der Waals surface area contributed by atoms with Crippen LogP contribution in [0.15, 0.2) is 79.4 Å². The number of esters is 2. The van der Waals surface area contributed by atoms with Gasteiger partial charge in [0.25, 0.3) is 0 Å². The number of aryl methyl sites for hydroxylation is 1. The molecule has 0 bridgehead atoms. The van der Waals surface area contributed by atoms with Crippen molar-refractivity contribution >= 4 is 26.8 Å². The van der Waals surface area contributed by atoms with Gasteiger partial charge in [0.1, 0.15) is 37.8 Å². The van der Waals surface area contributed by atoms with Crippen molar-refractivity contribution in [2.75, 3.05) is 26.4 Å². The molecule has 254 valence electrons. The molecule has 12 nitrogen and oxygen atoms in total. The number of imidazole rings is 1. The fourth-order valence-corrected chi connectivity index (χ4v) is 8.04. The molecular weight excluding hydrogens is 622 g/mol. The number of hydrogen-bond acceptors (Lipinski definition) is 9. The molecule has 0 unspecified atom stereocenters. The molecule has 1 saturated heterocycles. The number of carbonyl (C=O) groups is 3. The van der Waals surface area contributed by atoms with Gasteiger partial charge in [-0.15, -0.1) is 0 Å². The van der Waals surface area contributed by atoms with Gasteiger partial charge in [0.2, 0.25) is 6.33 Å². The standard InChI is InChI=1S/C34H46N3O9Si/c1-4-43-47(44-5-2,45-6-3)21-13-18-35-19-20-36(27-35)24-32(38)46-30-22-31(33(39)41-25-28-14-9-7-10-15-28)37(23-30)34(40)42-26-29-16-11-8-12-17-29/h7-12,14-17,19-20,27,30-31H,4-6,13,18,21-26H2,1-3H3/q+1/t30-,31+/m1/s1. The molecule has 47 heavy (non-hydrogen) atoms. The highest BCUT2D eigenvalue weighted by Gasteiger charge is 2.43. The number of benzene rings is 2. The Bertz CT molecular complexity index is 1330. The van der Waals surface area contributed by atoms with Gasteiger partial charge in [0.05, 0.1) is 13.1 Å². The molecule has 0 aliphatic carbocycles. The largest absolute Gasteiger partial charge is 0.501 e. The van der Waals surface area contributed by atoms with Crippen LogP contribution in [-0.4, -0.2) is 74.8 Å².